The fraction of sp³-hybridized carbons (Fsp3) is 0.172. The Morgan fingerprint density at radius 3 is 1.97 bits per heavy atom. The van der Waals surface area contributed by atoms with Crippen molar-refractivity contribution in [3.63, 3.8) is 0 Å². The maximum Gasteiger partial charge on any atom is 0.163 e. The summed E-state index contributed by atoms with van der Waals surface area (Å²) in [5.41, 5.74) is 8.43. The van der Waals surface area contributed by atoms with Gasteiger partial charge in [-0.15, -0.1) is 0 Å². The maximum absolute atomic E-state index is 13.3. The van der Waals surface area contributed by atoms with E-state index in [4.69, 9.17) is 0 Å². The standard InChI is InChI=1S/C29H27NO/c1-20-9-7-8-12-27(20)28(19-29(31)26-17-21(2)30-22(3)18-26)25-15-13-24(14-16-25)23-10-5-4-6-11-23/h4-18,28H,19H2,1-3H3/t28-/m1/s1. The molecule has 1 heterocycles. The van der Waals surface area contributed by atoms with E-state index in [0.717, 1.165) is 22.5 Å². The molecule has 2 heteroatoms. The Hall–Kier alpha value is -3.52. The Balaban J connectivity index is 1.70. The predicted molar refractivity (Wildman–Crippen MR) is 128 cm³/mol. The molecule has 31 heavy (non-hydrogen) atoms. The summed E-state index contributed by atoms with van der Waals surface area (Å²) in [7, 11) is 0. The smallest absolute Gasteiger partial charge is 0.163 e. The number of aromatic nitrogens is 1. The van der Waals surface area contributed by atoms with Gasteiger partial charge in [0.2, 0.25) is 0 Å². The van der Waals surface area contributed by atoms with Crippen LogP contribution in [0.4, 0.5) is 0 Å². The van der Waals surface area contributed by atoms with E-state index in [1.165, 1.54) is 22.3 Å². The summed E-state index contributed by atoms with van der Waals surface area (Å²) < 4.78 is 0. The Labute approximate surface area is 184 Å². The molecule has 3 aromatic carbocycles. The largest absolute Gasteiger partial charge is 0.294 e. The van der Waals surface area contributed by atoms with Crippen LogP contribution in [0.3, 0.4) is 0 Å². The van der Waals surface area contributed by atoms with Crippen LogP contribution >= 0.6 is 0 Å². The summed E-state index contributed by atoms with van der Waals surface area (Å²) in [5.74, 6) is 0.154. The number of hydrogen-bond acceptors (Lipinski definition) is 2. The first-order chi connectivity index (χ1) is 15.0. The van der Waals surface area contributed by atoms with Crippen LogP contribution in [0.2, 0.25) is 0 Å². The van der Waals surface area contributed by atoms with Crippen LogP contribution in [-0.2, 0) is 0 Å². The van der Waals surface area contributed by atoms with Crippen LogP contribution in [0.15, 0.2) is 91.0 Å². The number of carbonyl (C=O) groups is 1. The first kappa shape index (κ1) is 20.7. The molecule has 0 saturated heterocycles. The molecule has 154 valence electrons. The normalized spacial score (nSPS) is 11.8. The number of benzene rings is 3. The number of nitrogens with zero attached hydrogens (tertiary/aromatic N) is 1. The molecular weight excluding hydrogens is 378 g/mol. The molecule has 0 unspecified atom stereocenters. The molecule has 0 amide bonds. The second-order valence-corrected chi connectivity index (χ2v) is 8.16. The van der Waals surface area contributed by atoms with Gasteiger partial charge < -0.3 is 0 Å². The van der Waals surface area contributed by atoms with Crippen LogP contribution in [0.5, 0.6) is 0 Å². The van der Waals surface area contributed by atoms with E-state index in [2.05, 4.69) is 78.6 Å². The first-order valence-electron chi connectivity index (χ1n) is 10.7. The molecule has 0 saturated carbocycles. The van der Waals surface area contributed by atoms with Crippen molar-refractivity contribution in [2.45, 2.75) is 33.1 Å². The molecule has 0 aliphatic heterocycles. The van der Waals surface area contributed by atoms with Gasteiger partial charge in [0.1, 0.15) is 0 Å². The van der Waals surface area contributed by atoms with Crippen LogP contribution in [-0.4, -0.2) is 10.8 Å². The number of Topliss-reactive ketones (excluding diaryl/α,β-unsaturated/α-hetero) is 1. The molecule has 0 N–H and O–H groups in total. The zero-order valence-electron chi connectivity index (χ0n) is 18.3. The maximum atomic E-state index is 13.3. The van der Waals surface area contributed by atoms with Gasteiger partial charge in [-0.3, -0.25) is 9.78 Å². The lowest BCUT2D eigenvalue weighted by Gasteiger charge is -2.20. The number of ketones is 1. The van der Waals surface area contributed by atoms with Crippen molar-refractivity contribution in [1.29, 1.82) is 0 Å². The lowest BCUT2D eigenvalue weighted by Crippen LogP contribution is -2.11. The number of rotatable bonds is 6. The molecule has 0 fully saturated rings. The Morgan fingerprint density at radius 2 is 1.32 bits per heavy atom. The summed E-state index contributed by atoms with van der Waals surface area (Å²) in [6.07, 6.45) is 0.429. The van der Waals surface area contributed by atoms with E-state index in [0.29, 0.717) is 6.42 Å². The second kappa shape index (κ2) is 9.09. The van der Waals surface area contributed by atoms with Gasteiger partial charge in [-0.05, 0) is 60.7 Å². The van der Waals surface area contributed by atoms with E-state index < -0.39 is 0 Å². The van der Waals surface area contributed by atoms with E-state index in [1.54, 1.807) is 0 Å². The Kier molecular flexibility index (Phi) is 6.08. The minimum Gasteiger partial charge on any atom is -0.294 e. The molecule has 4 rings (SSSR count). The highest BCUT2D eigenvalue weighted by molar-refractivity contribution is 5.97. The van der Waals surface area contributed by atoms with Gasteiger partial charge in [-0.25, -0.2) is 0 Å². The van der Waals surface area contributed by atoms with E-state index in [-0.39, 0.29) is 11.7 Å². The van der Waals surface area contributed by atoms with Crippen molar-refractivity contribution >= 4 is 5.78 Å². The SMILES string of the molecule is Cc1cc(C(=O)C[C@H](c2ccc(-c3ccccc3)cc2)c2ccccc2C)cc(C)n1. The minimum atomic E-state index is 0.00676. The highest BCUT2D eigenvalue weighted by atomic mass is 16.1. The average molecular weight is 406 g/mol. The molecule has 0 bridgehead atoms. The molecular formula is C29H27NO. The number of hydrogen-bond donors (Lipinski definition) is 0. The molecule has 2 nitrogen and oxygen atoms in total. The summed E-state index contributed by atoms with van der Waals surface area (Å²) in [4.78, 5) is 17.7. The molecule has 1 atom stereocenters. The van der Waals surface area contributed by atoms with E-state index >= 15 is 0 Å². The summed E-state index contributed by atoms with van der Waals surface area (Å²) in [6, 6.07) is 31.1. The van der Waals surface area contributed by atoms with E-state index in [1.807, 2.05) is 38.1 Å². The second-order valence-electron chi connectivity index (χ2n) is 8.16. The van der Waals surface area contributed by atoms with Crippen molar-refractivity contribution < 1.29 is 4.79 Å². The van der Waals surface area contributed by atoms with Crippen molar-refractivity contribution in [3.8, 4) is 11.1 Å². The van der Waals surface area contributed by atoms with Crippen LogP contribution in [0.25, 0.3) is 11.1 Å². The van der Waals surface area contributed by atoms with Crippen LogP contribution in [0, 0.1) is 20.8 Å². The Bertz CT molecular complexity index is 1170. The van der Waals surface area contributed by atoms with Crippen LogP contribution < -0.4 is 0 Å². The average Bonchev–Trinajstić information content (AvgIpc) is 2.78. The monoisotopic (exact) mass is 405 g/mol. The molecule has 0 aliphatic rings. The van der Waals surface area contributed by atoms with Gasteiger partial charge in [0.15, 0.2) is 5.78 Å². The minimum absolute atomic E-state index is 0.00676. The lowest BCUT2D eigenvalue weighted by atomic mass is 9.83. The Morgan fingerprint density at radius 1 is 0.742 bits per heavy atom. The van der Waals surface area contributed by atoms with Gasteiger partial charge in [0.25, 0.3) is 0 Å². The summed E-state index contributed by atoms with van der Waals surface area (Å²) in [5, 5.41) is 0. The van der Waals surface area contributed by atoms with Gasteiger partial charge in [-0.1, -0.05) is 78.9 Å². The molecule has 0 radical (unpaired) electrons. The van der Waals surface area contributed by atoms with Crippen molar-refractivity contribution in [2.75, 3.05) is 0 Å². The highest BCUT2D eigenvalue weighted by Gasteiger charge is 2.21. The molecule has 0 spiro atoms. The third-order valence-electron chi connectivity index (χ3n) is 5.78. The van der Waals surface area contributed by atoms with Crippen LogP contribution in [0.1, 0.15) is 50.8 Å². The van der Waals surface area contributed by atoms with Gasteiger partial charge in [0.05, 0.1) is 0 Å². The van der Waals surface area contributed by atoms with E-state index in [9.17, 15) is 4.79 Å². The number of aryl methyl sites for hydroxylation is 3. The zero-order chi connectivity index (χ0) is 21.8. The number of carbonyl (C=O) groups excluding carboxylic acids is 1. The zero-order valence-corrected chi connectivity index (χ0v) is 18.3. The lowest BCUT2D eigenvalue weighted by molar-refractivity contribution is 0.0977. The molecule has 4 aromatic rings. The summed E-state index contributed by atoms with van der Waals surface area (Å²) in [6.45, 7) is 5.99. The quantitative estimate of drug-likeness (QED) is 0.321. The third-order valence-corrected chi connectivity index (χ3v) is 5.78. The van der Waals surface area contributed by atoms with Crippen molar-refractivity contribution in [2.24, 2.45) is 0 Å². The van der Waals surface area contributed by atoms with Gasteiger partial charge in [-0.2, -0.15) is 0 Å². The van der Waals surface area contributed by atoms with Gasteiger partial charge >= 0.3 is 0 Å². The molecule has 0 aliphatic carbocycles. The van der Waals surface area contributed by atoms with Crippen molar-refractivity contribution in [3.05, 3.63) is 125 Å². The number of pyridine rings is 1. The first-order valence-corrected chi connectivity index (χ1v) is 10.7. The summed E-state index contributed by atoms with van der Waals surface area (Å²) >= 11 is 0. The highest BCUT2D eigenvalue weighted by Crippen LogP contribution is 2.33. The van der Waals surface area contributed by atoms with Gasteiger partial charge in [0, 0.05) is 29.3 Å². The molecule has 1 aromatic heterocycles. The van der Waals surface area contributed by atoms with Crippen molar-refractivity contribution in [1.82, 2.24) is 4.98 Å². The topological polar surface area (TPSA) is 30.0 Å². The third kappa shape index (κ3) is 4.80. The predicted octanol–water partition coefficient (Wildman–Crippen LogP) is 7.08. The fourth-order valence-corrected chi connectivity index (χ4v) is 4.22. The fourth-order valence-electron chi connectivity index (χ4n) is 4.22.